The quantitative estimate of drug-likeness (QED) is 0.716. The monoisotopic (exact) mass is 299 g/mol. The summed E-state index contributed by atoms with van der Waals surface area (Å²) in [5, 5.41) is 1.07. The minimum atomic E-state index is 0.533. The number of hydrogen-bond acceptors (Lipinski definition) is 2. The summed E-state index contributed by atoms with van der Waals surface area (Å²) in [6, 6.07) is 8.80. The van der Waals surface area contributed by atoms with Crippen molar-refractivity contribution in [2.24, 2.45) is 0 Å². The van der Waals surface area contributed by atoms with Crippen LogP contribution in [0, 0.1) is 0 Å². The molecule has 1 aromatic carbocycles. The molecule has 0 bridgehead atoms. The molecule has 0 N–H and O–H groups in total. The third-order valence-electron chi connectivity index (χ3n) is 3.10. The van der Waals surface area contributed by atoms with Crippen LogP contribution in [0.15, 0.2) is 24.3 Å². The van der Waals surface area contributed by atoms with Crippen LogP contribution in [-0.2, 0) is 6.42 Å². The van der Waals surface area contributed by atoms with Crippen molar-refractivity contribution in [3.8, 4) is 5.75 Å². The van der Waals surface area contributed by atoms with Crippen LogP contribution in [0.3, 0.4) is 0 Å². The predicted molar refractivity (Wildman–Crippen MR) is 77.2 cm³/mol. The second kappa shape index (κ2) is 7.72. The van der Waals surface area contributed by atoms with Gasteiger partial charge in [0.05, 0.1) is 7.11 Å². The zero-order valence-corrected chi connectivity index (χ0v) is 12.5. The molecule has 3 heteroatoms. The highest BCUT2D eigenvalue weighted by atomic mass is 79.9. The summed E-state index contributed by atoms with van der Waals surface area (Å²) in [5.41, 5.74) is 1.29. The molecule has 1 unspecified atom stereocenters. The van der Waals surface area contributed by atoms with Crippen molar-refractivity contribution >= 4 is 15.9 Å². The summed E-state index contributed by atoms with van der Waals surface area (Å²) >= 11 is 3.47. The number of halogens is 1. The molecule has 0 heterocycles. The molecule has 0 aliphatic heterocycles. The molecule has 0 radical (unpaired) electrons. The predicted octanol–water partition coefficient (Wildman–Crippen LogP) is 3.34. The maximum Gasteiger partial charge on any atom is 0.122 e. The molecule has 0 saturated heterocycles. The molecule has 0 amide bonds. The molecular weight excluding hydrogens is 278 g/mol. The third kappa shape index (κ3) is 4.68. The molecule has 1 rings (SSSR count). The normalized spacial score (nSPS) is 12.8. The SMILES string of the molecule is COc1ccccc1CC(C)N(C)CCCBr. The van der Waals surface area contributed by atoms with E-state index in [1.165, 1.54) is 12.0 Å². The maximum absolute atomic E-state index is 5.38. The number of nitrogens with zero attached hydrogens (tertiary/aromatic N) is 1. The van der Waals surface area contributed by atoms with Gasteiger partial charge in [-0.25, -0.2) is 0 Å². The van der Waals surface area contributed by atoms with Crippen LogP contribution in [-0.4, -0.2) is 37.0 Å². The van der Waals surface area contributed by atoms with E-state index in [4.69, 9.17) is 4.74 Å². The Bertz CT molecular complexity index is 330. The zero-order valence-electron chi connectivity index (χ0n) is 10.9. The average molecular weight is 300 g/mol. The first kappa shape index (κ1) is 14.5. The van der Waals surface area contributed by atoms with E-state index in [1.54, 1.807) is 7.11 Å². The van der Waals surface area contributed by atoms with Crippen LogP contribution < -0.4 is 4.74 Å². The van der Waals surface area contributed by atoms with Gasteiger partial charge in [-0.2, -0.15) is 0 Å². The van der Waals surface area contributed by atoms with Crippen LogP contribution in [0.5, 0.6) is 5.75 Å². The van der Waals surface area contributed by atoms with Crippen molar-refractivity contribution in [2.75, 3.05) is 26.0 Å². The number of hydrogen-bond donors (Lipinski definition) is 0. The number of para-hydroxylation sites is 1. The fourth-order valence-corrected chi connectivity index (χ4v) is 2.13. The van der Waals surface area contributed by atoms with Gasteiger partial charge < -0.3 is 9.64 Å². The first-order valence-corrected chi connectivity index (χ1v) is 7.19. The van der Waals surface area contributed by atoms with Crippen LogP contribution >= 0.6 is 15.9 Å². The van der Waals surface area contributed by atoms with Crippen LogP contribution in [0.1, 0.15) is 18.9 Å². The van der Waals surface area contributed by atoms with E-state index in [-0.39, 0.29) is 0 Å². The average Bonchev–Trinajstić information content (AvgIpc) is 2.36. The Hall–Kier alpha value is -0.540. The van der Waals surface area contributed by atoms with E-state index >= 15 is 0 Å². The van der Waals surface area contributed by atoms with Gasteiger partial charge in [-0.3, -0.25) is 0 Å². The van der Waals surface area contributed by atoms with Crippen LogP contribution in [0.4, 0.5) is 0 Å². The molecule has 1 atom stereocenters. The first-order chi connectivity index (χ1) is 8.19. The third-order valence-corrected chi connectivity index (χ3v) is 3.67. The molecular formula is C14H22BrNO. The van der Waals surface area contributed by atoms with Gasteiger partial charge in [0.15, 0.2) is 0 Å². The number of likely N-dealkylation sites (N-methyl/N-ethyl adjacent to an activating group) is 1. The van der Waals surface area contributed by atoms with Crippen molar-refractivity contribution in [1.29, 1.82) is 0 Å². The van der Waals surface area contributed by atoms with E-state index in [2.05, 4.69) is 46.9 Å². The number of methoxy groups -OCH3 is 1. The van der Waals surface area contributed by atoms with Gasteiger partial charge in [0, 0.05) is 11.4 Å². The van der Waals surface area contributed by atoms with Gasteiger partial charge in [0.1, 0.15) is 5.75 Å². The van der Waals surface area contributed by atoms with Gasteiger partial charge in [-0.05, 0) is 45.0 Å². The van der Waals surface area contributed by atoms with Crippen molar-refractivity contribution < 1.29 is 4.74 Å². The molecule has 0 spiro atoms. The number of benzene rings is 1. The molecule has 1 aromatic rings. The van der Waals surface area contributed by atoms with Gasteiger partial charge >= 0.3 is 0 Å². The second-order valence-electron chi connectivity index (χ2n) is 4.39. The van der Waals surface area contributed by atoms with Crippen LogP contribution in [0.25, 0.3) is 0 Å². The topological polar surface area (TPSA) is 12.5 Å². The molecule has 0 saturated carbocycles. The van der Waals surface area contributed by atoms with E-state index in [0.29, 0.717) is 6.04 Å². The summed E-state index contributed by atoms with van der Waals surface area (Å²) < 4.78 is 5.38. The number of alkyl halides is 1. The molecule has 0 aliphatic rings. The highest BCUT2D eigenvalue weighted by Crippen LogP contribution is 2.20. The Morgan fingerprint density at radius 2 is 2.06 bits per heavy atom. The van der Waals surface area contributed by atoms with Gasteiger partial charge in [0.25, 0.3) is 0 Å². The van der Waals surface area contributed by atoms with Crippen molar-refractivity contribution in [3.05, 3.63) is 29.8 Å². The highest BCUT2D eigenvalue weighted by molar-refractivity contribution is 9.09. The summed E-state index contributed by atoms with van der Waals surface area (Å²) in [6.07, 6.45) is 2.22. The number of ether oxygens (including phenoxy) is 1. The van der Waals surface area contributed by atoms with E-state index in [0.717, 1.165) is 24.0 Å². The second-order valence-corrected chi connectivity index (χ2v) is 5.18. The fraction of sp³-hybridized carbons (Fsp3) is 0.571. The number of rotatable bonds is 7. The maximum atomic E-state index is 5.38. The summed E-state index contributed by atoms with van der Waals surface area (Å²) in [4.78, 5) is 2.40. The van der Waals surface area contributed by atoms with Crippen molar-refractivity contribution in [2.45, 2.75) is 25.8 Å². The van der Waals surface area contributed by atoms with E-state index in [9.17, 15) is 0 Å². The molecule has 2 nitrogen and oxygen atoms in total. The molecule has 17 heavy (non-hydrogen) atoms. The first-order valence-electron chi connectivity index (χ1n) is 6.07. The van der Waals surface area contributed by atoms with E-state index in [1.807, 2.05) is 12.1 Å². The summed E-state index contributed by atoms with van der Waals surface area (Å²) in [7, 11) is 3.92. The standard InChI is InChI=1S/C14H22BrNO/c1-12(16(2)10-6-9-15)11-13-7-4-5-8-14(13)17-3/h4-5,7-8,12H,6,9-11H2,1-3H3. The minimum absolute atomic E-state index is 0.533. The Morgan fingerprint density at radius 3 is 2.71 bits per heavy atom. The lowest BCUT2D eigenvalue weighted by molar-refractivity contribution is 0.256. The molecule has 96 valence electrons. The van der Waals surface area contributed by atoms with Crippen LogP contribution in [0.2, 0.25) is 0 Å². The lowest BCUT2D eigenvalue weighted by Crippen LogP contribution is -2.32. The highest BCUT2D eigenvalue weighted by Gasteiger charge is 2.11. The Labute approximate surface area is 113 Å². The van der Waals surface area contributed by atoms with Gasteiger partial charge in [-0.1, -0.05) is 34.1 Å². The molecule has 0 fully saturated rings. The Kier molecular flexibility index (Phi) is 6.60. The lowest BCUT2D eigenvalue weighted by Gasteiger charge is -2.25. The van der Waals surface area contributed by atoms with Crippen molar-refractivity contribution in [1.82, 2.24) is 4.90 Å². The van der Waals surface area contributed by atoms with Gasteiger partial charge in [0.2, 0.25) is 0 Å². The smallest absolute Gasteiger partial charge is 0.122 e. The molecule has 0 aromatic heterocycles. The Morgan fingerprint density at radius 1 is 1.35 bits per heavy atom. The zero-order chi connectivity index (χ0) is 12.7. The summed E-state index contributed by atoms with van der Waals surface area (Å²) in [6.45, 7) is 3.39. The summed E-state index contributed by atoms with van der Waals surface area (Å²) in [5.74, 6) is 0.994. The minimum Gasteiger partial charge on any atom is -0.496 e. The fourth-order valence-electron chi connectivity index (χ4n) is 1.88. The van der Waals surface area contributed by atoms with Crippen molar-refractivity contribution in [3.63, 3.8) is 0 Å². The van der Waals surface area contributed by atoms with E-state index < -0.39 is 0 Å². The van der Waals surface area contributed by atoms with Gasteiger partial charge in [-0.15, -0.1) is 0 Å². The lowest BCUT2D eigenvalue weighted by atomic mass is 10.1. The Balaban J connectivity index is 2.57. The molecule has 0 aliphatic carbocycles. The largest absolute Gasteiger partial charge is 0.496 e.